The van der Waals surface area contributed by atoms with Crippen molar-refractivity contribution in [1.82, 2.24) is 0 Å². The van der Waals surface area contributed by atoms with Crippen LogP contribution in [0.4, 0.5) is 0 Å². The van der Waals surface area contributed by atoms with Crippen molar-refractivity contribution in [2.75, 3.05) is 13.2 Å². The summed E-state index contributed by atoms with van der Waals surface area (Å²) in [4.78, 5) is 33.5. The number of allylic oxidation sites excluding steroid dienone is 1. The van der Waals surface area contributed by atoms with Crippen LogP contribution in [0.5, 0.6) is 0 Å². The van der Waals surface area contributed by atoms with Gasteiger partial charge in [-0.15, -0.1) is 0 Å². The van der Waals surface area contributed by atoms with Crippen LogP contribution in [-0.2, 0) is 19.1 Å². The molecular weight excluding hydrogens is 338 g/mol. The first-order valence-corrected chi connectivity index (χ1v) is 8.56. The van der Waals surface area contributed by atoms with E-state index in [-0.39, 0.29) is 12.2 Å². The summed E-state index contributed by atoms with van der Waals surface area (Å²) in [5.74, 6) is -2.45. The fourth-order valence-corrected chi connectivity index (χ4v) is 2.15. The second-order valence-electron chi connectivity index (χ2n) is 6.00. The normalized spacial score (nSPS) is 13.2. The van der Waals surface area contributed by atoms with Gasteiger partial charge in [0.2, 0.25) is 0 Å². The Hall–Kier alpha value is -2.41. The third-order valence-corrected chi connectivity index (χ3v) is 3.94. The van der Waals surface area contributed by atoms with Gasteiger partial charge < -0.3 is 20.7 Å². The largest absolute Gasteiger partial charge is 0.478 e. The average Bonchev–Trinajstić information content (AvgIpc) is 2.59. The van der Waals surface area contributed by atoms with Crippen molar-refractivity contribution in [3.05, 3.63) is 34.4 Å². The van der Waals surface area contributed by atoms with Crippen LogP contribution >= 0.6 is 0 Å². The predicted molar refractivity (Wildman–Crippen MR) is 98.6 cm³/mol. The Morgan fingerprint density at radius 3 is 2.04 bits per heavy atom. The minimum Gasteiger partial charge on any atom is -0.478 e. The minimum absolute atomic E-state index is 0.0938. The number of esters is 1. The molecule has 0 radical (unpaired) electrons. The van der Waals surface area contributed by atoms with Gasteiger partial charge in [0.25, 0.3) is 0 Å². The molecule has 0 unspecified atom stereocenters. The zero-order valence-electron chi connectivity index (χ0n) is 15.7. The van der Waals surface area contributed by atoms with E-state index in [1.165, 1.54) is 13.0 Å². The van der Waals surface area contributed by atoms with E-state index in [4.69, 9.17) is 20.7 Å². The molecule has 0 heterocycles. The highest BCUT2D eigenvalue weighted by Crippen LogP contribution is 2.18. The fourth-order valence-electron chi connectivity index (χ4n) is 2.15. The molecule has 146 valence electrons. The fraction of sp³-hybridized carbons (Fsp3) is 0.526. The molecule has 0 spiro atoms. The number of unbranched alkanes of at least 4 members (excludes halogenated alkanes) is 2. The Balaban J connectivity index is 4.64. The molecule has 0 saturated carbocycles. The van der Waals surface area contributed by atoms with Gasteiger partial charge in [-0.1, -0.05) is 11.6 Å². The number of carbonyl (C=O) groups is 3. The zero-order chi connectivity index (χ0) is 20.1. The summed E-state index contributed by atoms with van der Waals surface area (Å²) in [7, 11) is 0. The lowest BCUT2D eigenvalue weighted by atomic mass is 9.99. The first-order valence-electron chi connectivity index (χ1n) is 8.56. The molecule has 4 N–H and O–H groups in total. The van der Waals surface area contributed by atoms with E-state index in [2.05, 4.69) is 0 Å². The third kappa shape index (κ3) is 9.78. The van der Waals surface area contributed by atoms with Gasteiger partial charge in [-0.2, -0.15) is 0 Å². The smallest absolute Gasteiger partial charge is 0.333 e. The van der Waals surface area contributed by atoms with Gasteiger partial charge in [-0.25, -0.2) is 14.4 Å². The van der Waals surface area contributed by atoms with Crippen molar-refractivity contribution < 1.29 is 29.3 Å². The molecule has 0 aliphatic carbocycles. The number of hydrogen-bond acceptors (Lipinski definition) is 5. The molecule has 0 amide bonds. The Morgan fingerprint density at radius 2 is 1.50 bits per heavy atom. The van der Waals surface area contributed by atoms with Crippen molar-refractivity contribution in [3.8, 4) is 0 Å². The molecular formula is C19H29NO6. The molecule has 0 aromatic rings. The summed E-state index contributed by atoms with van der Waals surface area (Å²) in [6, 6.07) is 0. The monoisotopic (exact) mass is 367 g/mol. The highest BCUT2D eigenvalue weighted by atomic mass is 16.5. The molecule has 0 aliphatic heterocycles. The summed E-state index contributed by atoms with van der Waals surface area (Å²) < 4.78 is 5.09. The minimum atomic E-state index is -1.05. The van der Waals surface area contributed by atoms with Crippen LogP contribution in [0.2, 0.25) is 0 Å². The maximum Gasteiger partial charge on any atom is 0.333 e. The first-order chi connectivity index (χ1) is 12.2. The van der Waals surface area contributed by atoms with E-state index >= 15 is 0 Å². The van der Waals surface area contributed by atoms with E-state index in [9.17, 15) is 14.4 Å². The van der Waals surface area contributed by atoms with Crippen molar-refractivity contribution in [1.29, 1.82) is 0 Å². The van der Waals surface area contributed by atoms with Crippen molar-refractivity contribution >= 4 is 17.9 Å². The number of hydrogen-bond donors (Lipinski definition) is 3. The molecule has 26 heavy (non-hydrogen) atoms. The van der Waals surface area contributed by atoms with Crippen molar-refractivity contribution in [3.63, 3.8) is 0 Å². The van der Waals surface area contributed by atoms with Crippen LogP contribution in [0.25, 0.3) is 0 Å². The lowest BCUT2D eigenvalue weighted by Crippen LogP contribution is -2.11. The number of nitrogens with two attached hydrogens (primary N) is 1. The molecule has 0 atom stereocenters. The van der Waals surface area contributed by atoms with Crippen molar-refractivity contribution in [2.45, 2.75) is 52.9 Å². The predicted octanol–water partition coefficient (Wildman–Crippen LogP) is 2.82. The van der Waals surface area contributed by atoms with E-state index < -0.39 is 17.9 Å². The lowest BCUT2D eigenvalue weighted by molar-refractivity contribution is -0.138. The zero-order valence-corrected chi connectivity index (χ0v) is 15.7. The van der Waals surface area contributed by atoms with Gasteiger partial charge in [0.05, 0.1) is 0 Å². The number of carbonyl (C=O) groups excluding carboxylic acids is 1. The Morgan fingerprint density at radius 1 is 0.923 bits per heavy atom. The van der Waals surface area contributed by atoms with Gasteiger partial charge in [0.15, 0.2) is 0 Å². The lowest BCUT2D eigenvalue weighted by Gasteiger charge is -2.11. The molecule has 7 heteroatoms. The molecule has 0 bridgehead atoms. The van der Waals surface area contributed by atoms with Crippen LogP contribution in [0.15, 0.2) is 34.4 Å². The summed E-state index contributed by atoms with van der Waals surface area (Å²) >= 11 is 0. The molecule has 0 rings (SSSR count). The Bertz CT molecular complexity index is 601. The SMILES string of the molecule is CC(=CCCCCC(CCN)=C(C)C(=O)OCC=C(C)C(=O)O)C(=O)O. The maximum atomic E-state index is 12.1. The highest BCUT2D eigenvalue weighted by Gasteiger charge is 2.12. The van der Waals surface area contributed by atoms with Crippen LogP contribution in [0, 0.1) is 0 Å². The van der Waals surface area contributed by atoms with E-state index in [0.29, 0.717) is 37.0 Å². The summed E-state index contributed by atoms with van der Waals surface area (Å²) in [5.41, 5.74) is 7.46. The molecule has 7 nitrogen and oxygen atoms in total. The third-order valence-electron chi connectivity index (χ3n) is 3.94. The topological polar surface area (TPSA) is 127 Å². The van der Waals surface area contributed by atoms with Gasteiger partial charge in [0.1, 0.15) is 6.61 Å². The number of carboxylic acid groups (broad SMARTS) is 2. The number of rotatable bonds is 12. The maximum absolute atomic E-state index is 12.1. The van der Waals surface area contributed by atoms with E-state index in [0.717, 1.165) is 18.4 Å². The van der Waals surface area contributed by atoms with Crippen molar-refractivity contribution in [2.24, 2.45) is 5.73 Å². The van der Waals surface area contributed by atoms with Gasteiger partial charge in [-0.05, 0) is 65.5 Å². The molecule has 0 aromatic carbocycles. The Labute approximate surface area is 154 Å². The average molecular weight is 367 g/mol. The van der Waals surface area contributed by atoms with Gasteiger partial charge in [-0.3, -0.25) is 0 Å². The summed E-state index contributed by atoms with van der Waals surface area (Å²) in [6.45, 7) is 4.98. The number of carboxylic acids is 2. The summed E-state index contributed by atoms with van der Waals surface area (Å²) in [5, 5.41) is 17.5. The van der Waals surface area contributed by atoms with Crippen LogP contribution < -0.4 is 5.73 Å². The highest BCUT2D eigenvalue weighted by molar-refractivity contribution is 5.89. The van der Waals surface area contributed by atoms with Crippen LogP contribution in [-0.4, -0.2) is 41.3 Å². The van der Waals surface area contributed by atoms with Crippen LogP contribution in [0.1, 0.15) is 52.9 Å². The molecule has 0 aliphatic rings. The van der Waals surface area contributed by atoms with E-state index in [1.54, 1.807) is 19.9 Å². The first kappa shape index (κ1) is 23.6. The second-order valence-corrected chi connectivity index (χ2v) is 6.00. The molecule has 0 fully saturated rings. The number of aliphatic carboxylic acids is 2. The van der Waals surface area contributed by atoms with Gasteiger partial charge >= 0.3 is 17.9 Å². The number of ether oxygens (including phenoxy) is 1. The quantitative estimate of drug-likeness (QED) is 0.275. The van der Waals surface area contributed by atoms with E-state index in [1.807, 2.05) is 0 Å². The Kier molecular flexibility index (Phi) is 11.7. The second kappa shape index (κ2) is 12.9. The molecule has 0 aromatic heterocycles. The molecule has 0 saturated heterocycles. The van der Waals surface area contributed by atoms with Crippen LogP contribution in [0.3, 0.4) is 0 Å². The van der Waals surface area contributed by atoms with Gasteiger partial charge in [0, 0.05) is 16.7 Å². The summed E-state index contributed by atoms with van der Waals surface area (Å²) in [6.07, 6.45) is 6.57. The standard InChI is InChI=1S/C19H29NO6/c1-13(17(21)22)7-5-4-6-8-16(9-11-20)15(3)19(25)26-12-10-14(2)18(23)24/h7,10H,4-6,8-9,11-12,20H2,1-3H3,(H,21,22)(H,23,24).